The number of nitriles is 2. The molecule has 7 aromatic heterocycles. The minimum Gasteiger partial charge on any atom is -0.201 e. The van der Waals surface area contributed by atoms with Gasteiger partial charge in [0.1, 0.15) is 12.1 Å². The highest BCUT2D eigenvalue weighted by Crippen LogP contribution is 2.56. The summed E-state index contributed by atoms with van der Waals surface area (Å²) in [5.41, 5.74) is -11.3. The molecule has 0 aliphatic heterocycles. The molecule has 0 aliphatic rings. The fourth-order valence-corrected chi connectivity index (χ4v) is 12.7. The first-order chi connectivity index (χ1) is 24.8. The number of nitrogens with zero attached hydrogens (tertiary/aromatic N) is 4. The van der Waals surface area contributed by atoms with E-state index in [-0.39, 0.29) is 18.8 Å². The number of aromatic nitrogens is 2. The molecule has 0 aromatic carbocycles. The Kier molecular flexibility index (Phi) is 8.61. The summed E-state index contributed by atoms with van der Waals surface area (Å²) in [6.45, 7) is 0. The molecule has 0 radical (unpaired) electrons. The molecule has 7 rings (SSSR count). The monoisotopic (exact) mass is 844 g/mol. The molecule has 53 heavy (non-hydrogen) atoms. The molecule has 7 aromatic rings. The van der Waals surface area contributed by atoms with Gasteiger partial charge in [-0.2, -0.15) is 64.4 Å². The standard InChI is InChI=1S/C30H2F14N4S5/c31-15-11(16(32)26(36)47-25(15)35)5(3-45)13(29(39,40)41)7-1-9-19(49-7)21-23(51-9)24-22(53-21)20-10(52-24)2-8(50-20)14(30(42,43)44)6(4-46)12-17(33)27(37)48-28(38)18(12)34/h1-2H/b13-5-,14-6-. The molecule has 0 saturated heterocycles. The minimum absolute atomic E-state index is 0.140. The van der Waals surface area contributed by atoms with Gasteiger partial charge in [0.25, 0.3) is 23.8 Å². The predicted octanol–water partition coefficient (Wildman–Crippen LogP) is 12.5. The number of thiophene rings is 5. The molecule has 0 atom stereocenters. The molecule has 23 heteroatoms. The van der Waals surface area contributed by atoms with Crippen LogP contribution >= 0.6 is 56.7 Å². The third-order valence-corrected chi connectivity index (χ3v) is 14.1. The number of alkyl halides is 6. The van der Waals surface area contributed by atoms with E-state index in [4.69, 9.17) is 0 Å². The van der Waals surface area contributed by atoms with Gasteiger partial charge in [-0.3, -0.25) is 0 Å². The Bertz CT molecular complexity index is 2640. The Morgan fingerprint density at radius 1 is 0.472 bits per heavy atom. The molecular formula is C30H2F14N4S5. The van der Waals surface area contributed by atoms with Gasteiger partial charge in [-0.1, -0.05) is 0 Å². The van der Waals surface area contributed by atoms with Gasteiger partial charge in [-0.15, -0.1) is 56.7 Å². The topological polar surface area (TPSA) is 73.4 Å². The molecule has 0 amide bonds. The van der Waals surface area contributed by atoms with Gasteiger partial charge < -0.3 is 0 Å². The second-order valence-electron chi connectivity index (χ2n) is 10.3. The number of allylic oxidation sites excluding steroid dienone is 4. The fourth-order valence-electron chi connectivity index (χ4n) is 5.26. The number of hydrogen-bond donors (Lipinski definition) is 0. The number of pyridine rings is 2. The van der Waals surface area contributed by atoms with E-state index in [9.17, 15) is 72.0 Å². The highest BCUT2D eigenvalue weighted by Gasteiger charge is 2.43. The van der Waals surface area contributed by atoms with Crippen LogP contribution < -0.4 is 0 Å². The lowest BCUT2D eigenvalue weighted by atomic mass is 9.99. The van der Waals surface area contributed by atoms with Crippen LogP contribution in [0.25, 0.3) is 59.9 Å². The molecule has 0 N–H and O–H groups in total. The first kappa shape index (κ1) is 36.7. The zero-order valence-electron chi connectivity index (χ0n) is 24.3. The second-order valence-corrected chi connectivity index (χ2v) is 15.6. The maximum atomic E-state index is 14.5. The van der Waals surface area contributed by atoms with Crippen molar-refractivity contribution in [2.75, 3.05) is 0 Å². The van der Waals surface area contributed by atoms with Gasteiger partial charge in [0.05, 0.1) is 61.6 Å². The molecule has 0 aliphatic carbocycles. The number of rotatable bonds is 4. The van der Waals surface area contributed by atoms with Crippen LogP contribution in [0.15, 0.2) is 12.1 Å². The third-order valence-electron chi connectivity index (χ3n) is 7.33. The SMILES string of the molecule is N#C/C(=C(\c1cc2sc3c(sc4c5sc(/C(=C(\C#N)c6c(F)c(F)nc(F)c6F)C(F)(F)F)cc5sc43)c2s1)C(F)(F)F)c1c(F)c(F)nc(F)c1F. The van der Waals surface area contributed by atoms with Crippen LogP contribution in [0.3, 0.4) is 0 Å². The van der Waals surface area contributed by atoms with E-state index in [2.05, 4.69) is 9.97 Å². The van der Waals surface area contributed by atoms with Crippen molar-refractivity contribution in [2.45, 2.75) is 12.4 Å². The lowest BCUT2D eigenvalue weighted by Crippen LogP contribution is -2.14. The lowest BCUT2D eigenvalue weighted by Gasteiger charge is -2.14. The summed E-state index contributed by atoms with van der Waals surface area (Å²) in [6, 6.07) is 3.83. The van der Waals surface area contributed by atoms with E-state index in [0.29, 0.717) is 41.5 Å². The van der Waals surface area contributed by atoms with Gasteiger partial charge in [0.15, 0.2) is 23.3 Å². The smallest absolute Gasteiger partial charge is 0.201 e. The summed E-state index contributed by atoms with van der Waals surface area (Å²) >= 11 is 3.51. The Balaban J connectivity index is 1.43. The number of fused-ring (bicyclic) bond motifs is 7. The summed E-state index contributed by atoms with van der Waals surface area (Å²) in [5.74, 6) is -18.6. The molecule has 0 saturated carbocycles. The van der Waals surface area contributed by atoms with E-state index in [1.807, 2.05) is 0 Å². The van der Waals surface area contributed by atoms with Crippen molar-refractivity contribution in [3.05, 3.63) is 80.1 Å². The van der Waals surface area contributed by atoms with Crippen molar-refractivity contribution >= 4 is 117 Å². The molecule has 0 fully saturated rings. The van der Waals surface area contributed by atoms with Crippen molar-refractivity contribution in [3.8, 4) is 12.1 Å². The van der Waals surface area contributed by atoms with Crippen molar-refractivity contribution in [3.63, 3.8) is 0 Å². The van der Waals surface area contributed by atoms with Gasteiger partial charge in [-0.25, -0.2) is 17.6 Å². The first-order valence-corrected chi connectivity index (χ1v) is 17.5. The third kappa shape index (κ3) is 5.64. The average molecular weight is 845 g/mol. The maximum Gasteiger partial charge on any atom is 0.419 e. The Morgan fingerprint density at radius 2 is 0.774 bits per heavy atom. The molecule has 4 nitrogen and oxygen atoms in total. The van der Waals surface area contributed by atoms with Crippen LogP contribution in [0.2, 0.25) is 0 Å². The van der Waals surface area contributed by atoms with E-state index in [1.165, 1.54) is 0 Å². The highest BCUT2D eigenvalue weighted by atomic mass is 32.1. The van der Waals surface area contributed by atoms with Gasteiger partial charge in [-0.05, 0) is 12.1 Å². The Labute approximate surface area is 302 Å². The molecule has 0 spiro atoms. The fraction of sp³-hybridized carbons (Fsp3) is 0.0667. The van der Waals surface area contributed by atoms with Gasteiger partial charge in [0.2, 0.25) is 0 Å². The summed E-state index contributed by atoms with van der Waals surface area (Å²) < 4.78 is 202. The predicted molar refractivity (Wildman–Crippen MR) is 171 cm³/mol. The highest BCUT2D eigenvalue weighted by molar-refractivity contribution is 7.48. The molecule has 0 unspecified atom stereocenters. The minimum atomic E-state index is -5.51. The maximum absolute atomic E-state index is 14.5. The van der Waals surface area contributed by atoms with E-state index >= 15 is 0 Å². The summed E-state index contributed by atoms with van der Waals surface area (Å²) in [7, 11) is 0. The molecular weight excluding hydrogens is 843 g/mol. The normalized spacial score (nSPS) is 13.7. The Morgan fingerprint density at radius 3 is 1.06 bits per heavy atom. The quantitative estimate of drug-likeness (QED) is 0.100. The van der Waals surface area contributed by atoms with Crippen molar-refractivity contribution in [2.24, 2.45) is 0 Å². The molecule has 0 bridgehead atoms. The second kappa shape index (κ2) is 12.4. The van der Waals surface area contributed by atoms with E-state index in [1.54, 1.807) is 0 Å². The van der Waals surface area contributed by atoms with E-state index in [0.717, 1.165) is 58.3 Å². The zero-order valence-corrected chi connectivity index (χ0v) is 28.4. The van der Waals surface area contributed by atoms with Crippen LogP contribution in [0.4, 0.5) is 61.5 Å². The van der Waals surface area contributed by atoms with Crippen LogP contribution in [-0.4, -0.2) is 22.3 Å². The van der Waals surface area contributed by atoms with Crippen LogP contribution in [-0.2, 0) is 0 Å². The van der Waals surface area contributed by atoms with Crippen LogP contribution in [0.5, 0.6) is 0 Å². The number of hydrogen-bond acceptors (Lipinski definition) is 9. The summed E-state index contributed by atoms with van der Waals surface area (Å²) in [5, 5.41) is 19.1. The molecule has 7 heterocycles. The van der Waals surface area contributed by atoms with Crippen molar-refractivity contribution < 1.29 is 61.5 Å². The average Bonchev–Trinajstić information content (AvgIpc) is 3.85. The zero-order chi connectivity index (χ0) is 38.6. The van der Waals surface area contributed by atoms with Gasteiger partial charge in [0, 0.05) is 19.2 Å². The summed E-state index contributed by atoms with van der Waals surface area (Å²) in [4.78, 5) is 3.01. The largest absolute Gasteiger partial charge is 0.419 e. The van der Waals surface area contributed by atoms with Crippen molar-refractivity contribution in [1.29, 1.82) is 10.5 Å². The van der Waals surface area contributed by atoms with Crippen LogP contribution in [0.1, 0.15) is 20.9 Å². The summed E-state index contributed by atoms with van der Waals surface area (Å²) in [6.07, 6.45) is -11.0. The first-order valence-electron chi connectivity index (χ1n) is 13.4. The number of halogens is 14. The lowest BCUT2D eigenvalue weighted by molar-refractivity contribution is -0.0691. The van der Waals surface area contributed by atoms with Gasteiger partial charge >= 0.3 is 12.4 Å². The Hall–Kier alpha value is -4.68. The van der Waals surface area contributed by atoms with Crippen LogP contribution in [0, 0.1) is 69.7 Å². The molecule has 270 valence electrons. The van der Waals surface area contributed by atoms with Crippen molar-refractivity contribution in [1.82, 2.24) is 9.97 Å². The van der Waals surface area contributed by atoms with E-state index < -0.39 is 103 Å².